The lowest BCUT2D eigenvalue weighted by Crippen LogP contribution is -2.44. The fourth-order valence-electron chi connectivity index (χ4n) is 5.12. The van der Waals surface area contributed by atoms with Gasteiger partial charge >= 0.3 is 0 Å². The zero-order valence-electron chi connectivity index (χ0n) is 25.0. The van der Waals surface area contributed by atoms with E-state index in [4.69, 9.17) is 17.0 Å². The molecule has 0 aromatic heterocycles. The van der Waals surface area contributed by atoms with E-state index < -0.39 is 28.7 Å². The number of hydrogen-bond donors (Lipinski definition) is 1. The number of nitrogens with zero attached hydrogens (tertiary/aromatic N) is 4. The molecular formula is C32H32F3N5O3S. The van der Waals surface area contributed by atoms with Crippen LogP contribution >= 0.6 is 12.2 Å². The average Bonchev–Trinajstić information content (AvgIpc) is 3.15. The Labute approximate surface area is 259 Å². The fraction of sp³-hybridized carbons (Fsp3) is 0.344. The predicted octanol–water partition coefficient (Wildman–Crippen LogP) is 6.66. The van der Waals surface area contributed by atoms with Gasteiger partial charge in [0, 0.05) is 29.6 Å². The number of benzene rings is 2. The molecule has 0 atom stereocenters. The Hall–Kier alpha value is -4.50. The number of anilines is 2. The largest absolute Gasteiger partial charge is 0.483 e. The molecule has 1 saturated heterocycles. The van der Waals surface area contributed by atoms with Crippen LogP contribution in [0.5, 0.6) is 0 Å². The number of rotatable bonds is 8. The van der Waals surface area contributed by atoms with Crippen molar-refractivity contribution in [3.05, 3.63) is 71.1 Å². The van der Waals surface area contributed by atoms with Crippen LogP contribution in [-0.4, -0.2) is 41.8 Å². The maximum Gasteiger partial charge on any atom is 0.293 e. The van der Waals surface area contributed by atoms with E-state index in [1.54, 1.807) is 32.1 Å². The lowest BCUT2D eigenvalue weighted by Gasteiger charge is -2.30. The van der Waals surface area contributed by atoms with E-state index >= 15 is 4.39 Å². The first kappa shape index (κ1) is 32.4. The van der Waals surface area contributed by atoms with Gasteiger partial charge in [-0.25, -0.2) is 4.39 Å². The molecule has 2 heterocycles. The first-order valence-corrected chi connectivity index (χ1v) is 14.4. The summed E-state index contributed by atoms with van der Waals surface area (Å²) in [7, 11) is 1.47. The molecular weight excluding hydrogens is 591 g/mol. The second-order valence-corrected chi connectivity index (χ2v) is 11.1. The van der Waals surface area contributed by atoms with Crippen LogP contribution < -0.4 is 15.1 Å². The molecule has 230 valence electrons. The molecule has 1 fully saturated rings. The number of hydrogen-bond acceptors (Lipinski definition) is 6. The van der Waals surface area contributed by atoms with Gasteiger partial charge in [0.25, 0.3) is 17.7 Å². The van der Waals surface area contributed by atoms with Crippen LogP contribution in [0.1, 0.15) is 63.6 Å². The first-order valence-electron chi connectivity index (χ1n) is 14.0. The third kappa shape index (κ3) is 5.97. The summed E-state index contributed by atoms with van der Waals surface area (Å²) in [5, 5.41) is 11.9. The first-order chi connectivity index (χ1) is 20.8. The van der Waals surface area contributed by atoms with Gasteiger partial charge < -0.3 is 15.0 Å². The number of ether oxygens (including phenoxy) is 1. The highest BCUT2D eigenvalue weighted by Gasteiger charge is 2.51. The number of allylic oxidation sites excluding steroid dienone is 3. The van der Waals surface area contributed by atoms with Gasteiger partial charge in [-0.15, -0.1) is 0 Å². The van der Waals surface area contributed by atoms with Crippen molar-refractivity contribution in [1.29, 1.82) is 5.26 Å². The number of halogens is 3. The van der Waals surface area contributed by atoms with Crippen LogP contribution in [0, 0.1) is 17.1 Å². The van der Waals surface area contributed by atoms with E-state index in [-0.39, 0.29) is 51.6 Å². The number of alkyl halides is 2. The molecule has 2 aliphatic rings. The quantitative estimate of drug-likeness (QED) is 0.261. The van der Waals surface area contributed by atoms with Crippen molar-refractivity contribution in [2.75, 3.05) is 23.5 Å². The van der Waals surface area contributed by atoms with Gasteiger partial charge in [-0.1, -0.05) is 13.0 Å². The number of fused-ring (bicyclic) bond motifs is 1. The Morgan fingerprint density at radius 1 is 1.27 bits per heavy atom. The Balaban J connectivity index is 1.85. The minimum absolute atomic E-state index is 0.0301. The van der Waals surface area contributed by atoms with Gasteiger partial charge in [0.15, 0.2) is 17.5 Å². The standard InChI is InChI=1S/C32H32F3N5O3S/c1-6-13-32(34,35)24-15-21(12-11-19(24)17-36)39-29(42)31(3,4)40(30(39)44)22-14-23-26(43-18-27(41)37-5)10-8-9-20(7-2)38-28(23)25(33)16-22/h6,10-16H,7-9,18H2,1-5H3,(H,37,41)/b13-6+,26-10+,38-20?. The molecule has 12 heteroatoms. The van der Waals surface area contributed by atoms with Crippen molar-refractivity contribution < 1.29 is 27.5 Å². The smallest absolute Gasteiger partial charge is 0.293 e. The van der Waals surface area contributed by atoms with E-state index in [1.807, 2.05) is 6.92 Å². The molecule has 8 nitrogen and oxygen atoms in total. The summed E-state index contributed by atoms with van der Waals surface area (Å²) in [4.78, 5) is 32.9. The summed E-state index contributed by atoms with van der Waals surface area (Å²) in [5.41, 5.74) is -0.892. The summed E-state index contributed by atoms with van der Waals surface area (Å²) in [6.45, 7) is 6.22. The average molecular weight is 624 g/mol. The van der Waals surface area contributed by atoms with Crippen molar-refractivity contribution in [2.24, 2.45) is 4.99 Å². The molecule has 0 radical (unpaired) electrons. The number of carbonyl (C=O) groups is 2. The maximum atomic E-state index is 15.9. The molecule has 0 unspecified atom stereocenters. The van der Waals surface area contributed by atoms with Crippen LogP contribution in [0.3, 0.4) is 0 Å². The van der Waals surface area contributed by atoms with Gasteiger partial charge in [0.05, 0.1) is 17.3 Å². The van der Waals surface area contributed by atoms with E-state index in [0.717, 1.165) is 16.7 Å². The zero-order valence-corrected chi connectivity index (χ0v) is 25.8. The molecule has 1 N–H and O–H groups in total. The number of amides is 2. The summed E-state index contributed by atoms with van der Waals surface area (Å²) in [6.07, 6.45) is 5.33. The second kappa shape index (κ2) is 12.6. The highest BCUT2D eigenvalue weighted by molar-refractivity contribution is 7.81. The van der Waals surface area contributed by atoms with Gasteiger partial charge in [0.2, 0.25) is 0 Å². The van der Waals surface area contributed by atoms with E-state index in [9.17, 15) is 23.6 Å². The Bertz CT molecular complexity index is 1660. The summed E-state index contributed by atoms with van der Waals surface area (Å²) < 4.78 is 51.7. The van der Waals surface area contributed by atoms with Crippen molar-refractivity contribution in [1.82, 2.24) is 5.32 Å². The fourth-order valence-corrected chi connectivity index (χ4v) is 5.64. The molecule has 0 saturated carbocycles. The third-order valence-electron chi connectivity index (χ3n) is 7.44. The van der Waals surface area contributed by atoms with Crippen LogP contribution in [0.15, 0.2) is 53.6 Å². The number of carbonyl (C=O) groups excluding carboxylic acids is 2. The molecule has 2 aromatic carbocycles. The molecule has 2 aromatic rings. The molecule has 2 amide bonds. The lowest BCUT2D eigenvalue weighted by molar-refractivity contribution is -0.123. The minimum Gasteiger partial charge on any atom is -0.483 e. The van der Waals surface area contributed by atoms with Gasteiger partial charge in [0.1, 0.15) is 17.0 Å². The summed E-state index contributed by atoms with van der Waals surface area (Å²) >= 11 is 5.73. The molecule has 4 rings (SSSR count). The topological polar surface area (TPSA) is 98.0 Å². The molecule has 0 aliphatic carbocycles. The molecule has 44 heavy (non-hydrogen) atoms. The summed E-state index contributed by atoms with van der Waals surface area (Å²) in [6, 6.07) is 8.22. The number of thiocarbonyl (C=S) groups is 1. The Morgan fingerprint density at radius 3 is 2.64 bits per heavy atom. The SMILES string of the molecule is C/C=C/C(F)(F)c1cc(N2C(=O)C(C)(C)N(c3cc(F)c4c(c3)/C(OCC(=O)NC)=C\CCC(CC)=N4)C2=S)ccc1C#N. The normalized spacial score (nSPS) is 17.8. The highest BCUT2D eigenvalue weighted by Crippen LogP contribution is 2.43. The lowest BCUT2D eigenvalue weighted by atomic mass is 9.99. The van der Waals surface area contributed by atoms with Gasteiger partial charge in [-0.3, -0.25) is 19.5 Å². The van der Waals surface area contributed by atoms with Crippen LogP contribution in [0.2, 0.25) is 0 Å². The monoisotopic (exact) mass is 623 g/mol. The van der Waals surface area contributed by atoms with E-state index in [2.05, 4.69) is 10.3 Å². The molecule has 0 bridgehead atoms. The van der Waals surface area contributed by atoms with Crippen LogP contribution in [0.4, 0.5) is 30.2 Å². The number of aliphatic imine (C=N–C) groups is 1. The Kier molecular flexibility index (Phi) is 9.30. The van der Waals surface area contributed by atoms with Crippen molar-refractivity contribution in [2.45, 2.75) is 58.4 Å². The third-order valence-corrected chi connectivity index (χ3v) is 7.80. The predicted molar refractivity (Wildman–Crippen MR) is 168 cm³/mol. The van der Waals surface area contributed by atoms with E-state index in [0.29, 0.717) is 25.3 Å². The van der Waals surface area contributed by atoms with Crippen molar-refractivity contribution in [3.8, 4) is 6.07 Å². The molecule has 2 aliphatic heterocycles. The maximum absolute atomic E-state index is 15.9. The summed E-state index contributed by atoms with van der Waals surface area (Å²) in [5.74, 6) is -4.86. The van der Waals surface area contributed by atoms with Gasteiger partial charge in [-0.05, 0) is 94.7 Å². The van der Waals surface area contributed by atoms with E-state index in [1.165, 1.54) is 43.1 Å². The number of likely N-dealkylation sites (N-methyl/N-ethyl adjacent to an activating group) is 1. The zero-order chi connectivity index (χ0) is 32.4. The minimum atomic E-state index is -3.48. The van der Waals surface area contributed by atoms with Crippen molar-refractivity contribution in [3.63, 3.8) is 0 Å². The second-order valence-electron chi connectivity index (χ2n) is 10.7. The highest BCUT2D eigenvalue weighted by atomic mass is 32.1. The van der Waals surface area contributed by atoms with Crippen molar-refractivity contribution >= 4 is 57.7 Å². The van der Waals surface area contributed by atoms with Gasteiger partial charge in [-0.2, -0.15) is 14.0 Å². The molecule has 0 spiro atoms. The van der Waals surface area contributed by atoms with Crippen LogP contribution in [-0.2, 0) is 20.2 Å². The number of nitrogens with one attached hydrogen (secondary N) is 1. The Morgan fingerprint density at radius 2 is 2.00 bits per heavy atom. The van der Waals surface area contributed by atoms with Crippen LogP contribution in [0.25, 0.3) is 5.76 Å². The number of nitriles is 1.